The Hall–Kier alpha value is -2.42. The van der Waals surface area contributed by atoms with Gasteiger partial charge in [0, 0.05) is 23.9 Å². The first-order valence-corrected chi connectivity index (χ1v) is 11.1. The first-order valence-electron chi connectivity index (χ1n) is 9.60. The largest absolute Gasteiger partial charge is 0.491 e. The minimum absolute atomic E-state index is 0.151. The van der Waals surface area contributed by atoms with Crippen LogP contribution < -0.4 is 14.8 Å². The first kappa shape index (κ1) is 22.9. The quantitative estimate of drug-likeness (QED) is 0.543. The number of benzene rings is 2. The van der Waals surface area contributed by atoms with Crippen molar-refractivity contribution in [2.75, 3.05) is 25.1 Å². The average molecular weight is 421 g/mol. The smallest absolute Gasteiger partial charge is 0.255 e. The van der Waals surface area contributed by atoms with E-state index < -0.39 is 10.0 Å². The van der Waals surface area contributed by atoms with Crippen LogP contribution in [0.5, 0.6) is 5.75 Å². The van der Waals surface area contributed by atoms with Gasteiger partial charge in [0.1, 0.15) is 12.4 Å². The van der Waals surface area contributed by atoms with E-state index in [1.54, 1.807) is 43.3 Å². The van der Waals surface area contributed by atoms with Crippen LogP contribution in [0.2, 0.25) is 0 Å². The minimum atomic E-state index is -3.58. The molecule has 0 spiro atoms. The normalized spacial score (nSPS) is 12.4. The highest BCUT2D eigenvalue weighted by molar-refractivity contribution is 7.89. The summed E-state index contributed by atoms with van der Waals surface area (Å²) in [5, 5.41) is 2.76. The fraction of sp³-hybridized carbons (Fsp3) is 0.381. The number of nitrogens with one attached hydrogen (secondary N) is 2. The lowest BCUT2D eigenvalue weighted by molar-refractivity contribution is 0.102. The van der Waals surface area contributed by atoms with Crippen LogP contribution in [-0.2, 0) is 14.8 Å². The Balaban J connectivity index is 2.00. The molecular weight excluding hydrogens is 392 g/mol. The molecule has 7 nitrogen and oxygen atoms in total. The summed E-state index contributed by atoms with van der Waals surface area (Å²) >= 11 is 0. The van der Waals surface area contributed by atoms with Gasteiger partial charge >= 0.3 is 0 Å². The van der Waals surface area contributed by atoms with Crippen LogP contribution in [0, 0.1) is 0 Å². The molecular formula is C21H28N2O5S. The molecule has 2 aromatic rings. The number of hydrogen-bond donors (Lipinski definition) is 2. The van der Waals surface area contributed by atoms with E-state index in [0.717, 1.165) is 0 Å². The maximum Gasteiger partial charge on any atom is 0.255 e. The molecule has 8 heteroatoms. The van der Waals surface area contributed by atoms with E-state index in [1.165, 1.54) is 12.1 Å². The van der Waals surface area contributed by atoms with E-state index in [2.05, 4.69) is 10.0 Å². The lowest BCUT2D eigenvalue weighted by atomic mass is 10.2. The molecule has 2 rings (SSSR count). The highest BCUT2D eigenvalue weighted by Crippen LogP contribution is 2.18. The summed E-state index contributed by atoms with van der Waals surface area (Å²) < 4.78 is 38.0. The van der Waals surface area contributed by atoms with Gasteiger partial charge < -0.3 is 14.8 Å². The van der Waals surface area contributed by atoms with Crippen molar-refractivity contribution in [1.82, 2.24) is 4.72 Å². The summed E-state index contributed by atoms with van der Waals surface area (Å²) in [7, 11) is -3.58. The van der Waals surface area contributed by atoms with E-state index in [0.29, 0.717) is 43.2 Å². The Kier molecular flexibility index (Phi) is 8.63. The molecule has 1 unspecified atom stereocenters. The zero-order valence-electron chi connectivity index (χ0n) is 17.0. The van der Waals surface area contributed by atoms with Gasteiger partial charge in [0.05, 0.1) is 11.5 Å². The number of carbonyl (C=O) groups excluding carboxylic acids is 1. The van der Waals surface area contributed by atoms with Gasteiger partial charge in [-0.05, 0) is 62.7 Å². The van der Waals surface area contributed by atoms with Crippen LogP contribution in [0.15, 0.2) is 53.4 Å². The summed E-state index contributed by atoms with van der Waals surface area (Å²) in [5.74, 6) is 0.267. The molecule has 0 aliphatic carbocycles. The molecule has 158 valence electrons. The van der Waals surface area contributed by atoms with Crippen molar-refractivity contribution in [2.45, 2.75) is 38.1 Å². The van der Waals surface area contributed by atoms with Crippen LogP contribution in [-0.4, -0.2) is 40.2 Å². The third-order valence-electron chi connectivity index (χ3n) is 4.19. The van der Waals surface area contributed by atoms with Gasteiger partial charge in [0.25, 0.3) is 5.91 Å². The molecule has 1 amide bonds. The molecule has 2 aromatic carbocycles. The second-order valence-corrected chi connectivity index (χ2v) is 8.20. The summed E-state index contributed by atoms with van der Waals surface area (Å²) in [4.78, 5) is 12.6. The number of sulfonamides is 1. The maximum atomic E-state index is 12.5. The standard InChI is InChI=1S/C21H28N2O5S/c1-4-16(3)23-29(25,26)20-11-9-18(10-12-20)22-21(24)17-7-6-8-19(15-17)28-14-13-27-5-2/h6-12,15-16,23H,4-5,13-14H2,1-3H3,(H,22,24). The predicted octanol–water partition coefficient (Wildman–Crippen LogP) is 3.43. The van der Waals surface area contributed by atoms with Crippen molar-refractivity contribution in [3.05, 3.63) is 54.1 Å². The van der Waals surface area contributed by atoms with Crippen LogP contribution >= 0.6 is 0 Å². The number of ether oxygens (including phenoxy) is 2. The third kappa shape index (κ3) is 7.16. The van der Waals surface area contributed by atoms with Crippen molar-refractivity contribution in [2.24, 2.45) is 0 Å². The summed E-state index contributed by atoms with van der Waals surface area (Å²) in [6, 6.07) is 12.7. The molecule has 0 bridgehead atoms. The second kappa shape index (κ2) is 10.9. The Morgan fingerprint density at radius 1 is 1.07 bits per heavy atom. The van der Waals surface area contributed by atoms with E-state index in [1.807, 2.05) is 13.8 Å². The fourth-order valence-corrected chi connectivity index (χ4v) is 3.75. The average Bonchev–Trinajstić information content (AvgIpc) is 2.71. The Bertz CT molecular complexity index is 898. The Morgan fingerprint density at radius 2 is 1.79 bits per heavy atom. The molecule has 0 heterocycles. The van der Waals surface area contributed by atoms with Gasteiger partial charge in [-0.3, -0.25) is 4.79 Å². The number of anilines is 1. The van der Waals surface area contributed by atoms with Crippen molar-refractivity contribution in [3.63, 3.8) is 0 Å². The van der Waals surface area contributed by atoms with Gasteiger partial charge in [-0.25, -0.2) is 13.1 Å². The van der Waals surface area contributed by atoms with Crippen molar-refractivity contribution < 1.29 is 22.7 Å². The van der Waals surface area contributed by atoms with Gasteiger partial charge in [-0.1, -0.05) is 13.0 Å². The zero-order valence-corrected chi connectivity index (χ0v) is 17.8. The first-order chi connectivity index (χ1) is 13.9. The van der Waals surface area contributed by atoms with Crippen LogP contribution in [0.1, 0.15) is 37.6 Å². The predicted molar refractivity (Wildman–Crippen MR) is 113 cm³/mol. The van der Waals surface area contributed by atoms with Gasteiger partial charge in [-0.15, -0.1) is 0 Å². The highest BCUT2D eigenvalue weighted by atomic mass is 32.2. The molecule has 0 saturated carbocycles. The van der Waals surface area contributed by atoms with E-state index in [-0.39, 0.29) is 16.8 Å². The number of amides is 1. The van der Waals surface area contributed by atoms with Gasteiger partial charge in [-0.2, -0.15) is 0 Å². The highest BCUT2D eigenvalue weighted by Gasteiger charge is 2.16. The molecule has 0 radical (unpaired) electrons. The Labute approximate surface area is 172 Å². The number of hydrogen-bond acceptors (Lipinski definition) is 5. The lowest BCUT2D eigenvalue weighted by Crippen LogP contribution is -2.31. The topological polar surface area (TPSA) is 93.7 Å². The SMILES string of the molecule is CCOCCOc1cccc(C(=O)Nc2ccc(S(=O)(=O)NC(C)CC)cc2)c1. The lowest BCUT2D eigenvalue weighted by Gasteiger charge is -2.13. The van der Waals surface area contributed by atoms with Crippen LogP contribution in [0.25, 0.3) is 0 Å². The summed E-state index contributed by atoms with van der Waals surface area (Å²) in [5.41, 5.74) is 0.939. The number of carbonyl (C=O) groups is 1. The fourth-order valence-electron chi connectivity index (χ4n) is 2.43. The summed E-state index contributed by atoms with van der Waals surface area (Å²) in [6.45, 7) is 7.13. The molecule has 0 aromatic heterocycles. The Morgan fingerprint density at radius 3 is 2.45 bits per heavy atom. The van der Waals surface area contributed by atoms with Gasteiger partial charge in [0.2, 0.25) is 10.0 Å². The second-order valence-electron chi connectivity index (χ2n) is 6.48. The summed E-state index contributed by atoms with van der Waals surface area (Å²) in [6.07, 6.45) is 0.696. The molecule has 0 fully saturated rings. The molecule has 2 N–H and O–H groups in total. The van der Waals surface area contributed by atoms with E-state index >= 15 is 0 Å². The molecule has 0 saturated heterocycles. The molecule has 0 aliphatic heterocycles. The zero-order chi connectivity index (χ0) is 21.3. The van der Waals surface area contributed by atoms with Crippen molar-refractivity contribution in [3.8, 4) is 5.75 Å². The minimum Gasteiger partial charge on any atom is -0.491 e. The van der Waals surface area contributed by atoms with Gasteiger partial charge in [0.15, 0.2) is 0 Å². The van der Waals surface area contributed by atoms with Crippen LogP contribution in [0.3, 0.4) is 0 Å². The number of rotatable bonds is 11. The van der Waals surface area contributed by atoms with E-state index in [4.69, 9.17) is 9.47 Å². The van der Waals surface area contributed by atoms with Crippen molar-refractivity contribution >= 4 is 21.6 Å². The monoisotopic (exact) mass is 420 g/mol. The third-order valence-corrected chi connectivity index (χ3v) is 5.79. The molecule has 29 heavy (non-hydrogen) atoms. The van der Waals surface area contributed by atoms with E-state index in [9.17, 15) is 13.2 Å². The van der Waals surface area contributed by atoms with Crippen LogP contribution in [0.4, 0.5) is 5.69 Å². The molecule has 0 aliphatic rings. The van der Waals surface area contributed by atoms with Crippen molar-refractivity contribution in [1.29, 1.82) is 0 Å². The molecule has 1 atom stereocenters. The maximum absolute atomic E-state index is 12.5.